The monoisotopic (exact) mass is 334 g/mol. The molecule has 0 amide bonds. The first kappa shape index (κ1) is 17.4. The molecule has 1 heterocycles. The third kappa shape index (κ3) is 3.63. The summed E-state index contributed by atoms with van der Waals surface area (Å²) in [7, 11) is 1.43. The normalized spacial score (nSPS) is 28.3. The maximum absolute atomic E-state index is 11.8. The summed E-state index contributed by atoms with van der Waals surface area (Å²) in [4.78, 5) is 11.8. The van der Waals surface area contributed by atoms with Gasteiger partial charge in [-0.3, -0.25) is 4.79 Å². The zero-order chi connectivity index (χ0) is 17.0. The number of hydrogen-bond donors (Lipinski definition) is 0. The Morgan fingerprint density at radius 2 is 1.96 bits per heavy atom. The average molecular weight is 334 g/mol. The highest BCUT2D eigenvalue weighted by atomic mass is 16.7. The van der Waals surface area contributed by atoms with Crippen molar-refractivity contribution in [1.29, 1.82) is 0 Å². The van der Waals surface area contributed by atoms with Gasteiger partial charge in [0.2, 0.25) is 0 Å². The van der Waals surface area contributed by atoms with Crippen molar-refractivity contribution in [2.45, 2.75) is 32.2 Å². The number of carbonyl (C=O) groups excluding carboxylic acids is 1. The molecule has 5 nitrogen and oxygen atoms in total. The molecule has 1 spiro atoms. The molecular weight excluding hydrogens is 308 g/mol. The van der Waals surface area contributed by atoms with Crippen LogP contribution < -0.4 is 0 Å². The summed E-state index contributed by atoms with van der Waals surface area (Å²) in [6.45, 7) is 4.54. The minimum atomic E-state index is -0.556. The van der Waals surface area contributed by atoms with E-state index in [1.165, 1.54) is 7.11 Å². The summed E-state index contributed by atoms with van der Waals surface area (Å²) >= 11 is 0. The van der Waals surface area contributed by atoms with E-state index in [-0.39, 0.29) is 23.7 Å². The van der Waals surface area contributed by atoms with Crippen LogP contribution in [0.15, 0.2) is 30.3 Å². The van der Waals surface area contributed by atoms with Gasteiger partial charge in [-0.1, -0.05) is 37.3 Å². The SMILES string of the molecule is COC(=O)C[C@@H]1CC2(OCCO2)[C@H](C)[C@H]1COCc1ccccc1. The Bertz CT molecular complexity index is 538. The Morgan fingerprint density at radius 3 is 2.62 bits per heavy atom. The number of methoxy groups -OCH3 is 1. The van der Waals surface area contributed by atoms with Crippen LogP contribution in [0.2, 0.25) is 0 Å². The van der Waals surface area contributed by atoms with Crippen molar-refractivity contribution in [3.8, 4) is 0 Å². The first-order valence-corrected chi connectivity index (χ1v) is 8.61. The van der Waals surface area contributed by atoms with Gasteiger partial charge in [0.05, 0.1) is 33.5 Å². The predicted octanol–water partition coefficient (Wildman–Crippen LogP) is 2.78. The zero-order valence-electron chi connectivity index (χ0n) is 14.4. The highest BCUT2D eigenvalue weighted by Crippen LogP contribution is 2.50. The Balaban J connectivity index is 1.63. The summed E-state index contributed by atoms with van der Waals surface area (Å²) < 4.78 is 22.7. The predicted molar refractivity (Wildman–Crippen MR) is 88.1 cm³/mol. The Morgan fingerprint density at radius 1 is 1.25 bits per heavy atom. The van der Waals surface area contributed by atoms with E-state index in [0.29, 0.717) is 32.8 Å². The van der Waals surface area contributed by atoms with E-state index < -0.39 is 5.79 Å². The second-order valence-electron chi connectivity index (χ2n) is 6.71. The van der Waals surface area contributed by atoms with Gasteiger partial charge in [0, 0.05) is 18.8 Å². The van der Waals surface area contributed by atoms with E-state index in [1.807, 2.05) is 18.2 Å². The maximum Gasteiger partial charge on any atom is 0.305 e. The molecule has 3 atom stereocenters. The minimum absolute atomic E-state index is 0.154. The van der Waals surface area contributed by atoms with Gasteiger partial charge in [-0.25, -0.2) is 0 Å². The third-order valence-corrected chi connectivity index (χ3v) is 5.34. The van der Waals surface area contributed by atoms with E-state index >= 15 is 0 Å². The molecule has 0 bridgehead atoms. The van der Waals surface area contributed by atoms with E-state index in [0.717, 1.165) is 12.0 Å². The fourth-order valence-electron chi connectivity index (χ4n) is 3.98. The lowest BCUT2D eigenvalue weighted by Crippen LogP contribution is -2.35. The summed E-state index contributed by atoms with van der Waals surface area (Å²) in [6.07, 6.45) is 1.11. The summed E-state index contributed by atoms with van der Waals surface area (Å²) in [5.74, 6) is -0.188. The second-order valence-corrected chi connectivity index (χ2v) is 6.71. The van der Waals surface area contributed by atoms with Crippen LogP contribution >= 0.6 is 0 Å². The van der Waals surface area contributed by atoms with Gasteiger partial charge in [-0.15, -0.1) is 0 Å². The Labute approximate surface area is 143 Å². The van der Waals surface area contributed by atoms with Gasteiger partial charge in [0.25, 0.3) is 0 Å². The lowest BCUT2D eigenvalue weighted by atomic mass is 9.88. The van der Waals surface area contributed by atoms with Crippen molar-refractivity contribution in [2.24, 2.45) is 17.8 Å². The van der Waals surface area contributed by atoms with E-state index in [9.17, 15) is 4.79 Å². The number of rotatable bonds is 6. The molecule has 3 rings (SSSR count). The molecule has 0 aromatic heterocycles. The summed E-state index contributed by atoms with van der Waals surface area (Å²) in [5.41, 5.74) is 1.15. The van der Waals surface area contributed by atoms with E-state index in [1.54, 1.807) is 0 Å². The number of hydrogen-bond acceptors (Lipinski definition) is 5. The van der Waals surface area contributed by atoms with Gasteiger partial charge in [0.1, 0.15) is 0 Å². The fourth-order valence-corrected chi connectivity index (χ4v) is 3.98. The summed E-state index contributed by atoms with van der Waals surface area (Å²) in [5, 5.41) is 0. The number of ether oxygens (including phenoxy) is 4. The molecule has 1 aliphatic carbocycles. The van der Waals surface area contributed by atoms with Gasteiger partial charge in [-0.2, -0.15) is 0 Å². The van der Waals surface area contributed by atoms with Crippen LogP contribution in [0.1, 0.15) is 25.3 Å². The van der Waals surface area contributed by atoms with Crippen LogP contribution in [0, 0.1) is 17.8 Å². The number of carbonyl (C=O) groups is 1. The first-order chi connectivity index (χ1) is 11.6. The van der Waals surface area contributed by atoms with Gasteiger partial charge in [0.15, 0.2) is 5.79 Å². The van der Waals surface area contributed by atoms with Crippen molar-refractivity contribution >= 4 is 5.97 Å². The maximum atomic E-state index is 11.8. The van der Waals surface area contributed by atoms with E-state index in [2.05, 4.69) is 19.1 Å². The van der Waals surface area contributed by atoms with Crippen LogP contribution in [0.5, 0.6) is 0 Å². The van der Waals surface area contributed by atoms with Crippen molar-refractivity contribution in [3.05, 3.63) is 35.9 Å². The van der Waals surface area contributed by atoms with Crippen molar-refractivity contribution in [3.63, 3.8) is 0 Å². The van der Waals surface area contributed by atoms with Crippen LogP contribution in [0.3, 0.4) is 0 Å². The molecule has 24 heavy (non-hydrogen) atoms. The lowest BCUT2D eigenvalue weighted by molar-refractivity contribution is -0.184. The molecule has 0 radical (unpaired) electrons. The molecule has 132 valence electrons. The molecule has 2 aliphatic rings. The third-order valence-electron chi connectivity index (χ3n) is 5.34. The summed E-state index contributed by atoms with van der Waals surface area (Å²) in [6, 6.07) is 10.1. The molecule has 0 unspecified atom stereocenters. The molecular formula is C19H26O5. The smallest absolute Gasteiger partial charge is 0.305 e. The molecule has 1 saturated carbocycles. The minimum Gasteiger partial charge on any atom is -0.469 e. The van der Waals surface area contributed by atoms with Crippen molar-refractivity contribution < 1.29 is 23.7 Å². The van der Waals surface area contributed by atoms with Crippen LogP contribution in [0.4, 0.5) is 0 Å². The zero-order valence-corrected chi connectivity index (χ0v) is 14.4. The van der Waals surface area contributed by atoms with Crippen LogP contribution in [-0.4, -0.2) is 38.7 Å². The Kier molecular flexibility index (Phi) is 5.54. The van der Waals surface area contributed by atoms with E-state index in [4.69, 9.17) is 18.9 Å². The largest absolute Gasteiger partial charge is 0.469 e. The number of esters is 1. The lowest BCUT2D eigenvalue weighted by Gasteiger charge is -2.29. The highest BCUT2D eigenvalue weighted by molar-refractivity contribution is 5.69. The second kappa shape index (κ2) is 7.64. The molecule has 1 aromatic carbocycles. The average Bonchev–Trinajstić information content (AvgIpc) is 3.17. The highest BCUT2D eigenvalue weighted by Gasteiger charge is 2.55. The molecule has 5 heteroatoms. The van der Waals surface area contributed by atoms with Crippen LogP contribution in [0.25, 0.3) is 0 Å². The standard InChI is InChI=1S/C19H26O5/c1-14-17(13-22-12-15-6-4-3-5-7-15)16(10-18(20)21-2)11-19(14)23-8-9-24-19/h3-7,14,16-17H,8-13H2,1-2H3/t14-,16-,17-/m1/s1. The topological polar surface area (TPSA) is 54.0 Å². The van der Waals surface area contributed by atoms with Crippen molar-refractivity contribution in [2.75, 3.05) is 26.9 Å². The Hall–Kier alpha value is -1.43. The molecule has 1 aromatic rings. The van der Waals surface area contributed by atoms with Gasteiger partial charge < -0.3 is 18.9 Å². The molecule has 2 fully saturated rings. The quantitative estimate of drug-likeness (QED) is 0.749. The van der Waals surface area contributed by atoms with Gasteiger partial charge in [-0.05, 0) is 17.4 Å². The number of benzene rings is 1. The molecule has 1 saturated heterocycles. The first-order valence-electron chi connectivity index (χ1n) is 8.61. The fraction of sp³-hybridized carbons (Fsp3) is 0.632. The molecule has 1 aliphatic heterocycles. The van der Waals surface area contributed by atoms with Crippen LogP contribution in [-0.2, 0) is 30.3 Å². The van der Waals surface area contributed by atoms with Gasteiger partial charge >= 0.3 is 5.97 Å². The molecule has 0 N–H and O–H groups in total. The van der Waals surface area contributed by atoms with Crippen molar-refractivity contribution in [1.82, 2.24) is 0 Å².